The Hall–Kier alpha value is -1.13. The Kier molecular flexibility index (Phi) is 4.52. The maximum absolute atomic E-state index is 5.58. The van der Waals surface area contributed by atoms with Crippen molar-refractivity contribution in [2.75, 3.05) is 32.2 Å². The third-order valence-electron chi connectivity index (χ3n) is 2.42. The summed E-state index contributed by atoms with van der Waals surface area (Å²) in [4.78, 5) is 6.55. The van der Waals surface area contributed by atoms with Crippen LogP contribution in [0.25, 0.3) is 0 Å². The van der Waals surface area contributed by atoms with Gasteiger partial charge >= 0.3 is 0 Å². The lowest BCUT2D eigenvalue weighted by molar-refractivity contribution is 0.206. The molecule has 0 amide bonds. The summed E-state index contributed by atoms with van der Waals surface area (Å²) in [6, 6.07) is 4.02. The van der Waals surface area contributed by atoms with Gasteiger partial charge in [-0.05, 0) is 18.6 Å². The normalized spacial score (nSPS) is 10.4. The first-order valence-corrected chi connectivity index (χ1v) is 5.05. The number of hydrogen-bond donors (Lipinski definition) is 1. The zero-order valence-electron chi connectivity index (χ0n) is 9.66. The van der Waals surface area contributed by atoms with Crippen molar-refractivity contribution in [2.24, 2.45) is 5.73 Å². The SMILES string of the molecule is COCCN(C)c1ccc(CN)c(C)n1. The molecular weight excluding hydrogens is 190 g/mol. The first-order valence-electron chi connectivity index (χ1n) is 5.05. The number of methoxy groups -OCH3 is 1. The predicted octanol–water partition coefficient (Wildman–Crippen LogP) is 0.931. The number of hydrogen-bond acceptors (Lipinski definition) is 4. The molecule has 4 heteroatoms. The number of rotatable bonds is 5. The molecule has 2 N–H and O–H groups in total. The van der Waals surface area contributed by atoms with Gasteiger partial charge in [0.2, 0.25) is 0 Å². The number of ether oxygens (including phenoxy) is 1. The van der Waals surface area contributed by atoms with E-state index in [-0.39, 0.29) is 0 Å². The van der Waals surface area contributed by atoms with Crippen LogP contribution < -0.4 is 10.6 Å². The van der Waals surface area contributed by atoms with Crippen LogP contribution in [0.1, 0.15) is 11.3 Å². The van der Waals surface area contributed by atoms with Gasteiger partial charge in [-0.1, -0.05) is 6.07 Å². The summed E-state index contributed by atoms with van der Waals surface area (Å²) in [5.41, 5.74) is 7.68. The van der Waals surface area contributed by atoms with Crippen molar-refractivity contribution in [1.82, 2.24) is 4.98 Å². The van der Waals surface area contributed by atoms with Gasteiger partial charge in [-0.3, -0.25) is 0 Å². The van der Waals surface area contributed by atoms with E-state index in [1.54, 1.807) is 7.11 Å². The lowest BCUT2D eigenvalue weighted by atomic mass is 10.2. The van der Waals surface area contributed by atoms with Gasteiger partial charge in [0, 0.05) is 32.9 Å². The van der Waals surface area contributed by atoms with Gasteiger partial charge in [0.1, 0.15) is 5.82 Å². The summed E-state index contributed by atoms with van der Waals surface area (Å²) in [7, 11) is 3.70. The molecule has 84 valence electrons. The topological polar surface area (TPSA) is 51.4 Å². The fourth-order valence-corrected chi connectivity index (χ4v) is 1.35. The Morgan fingerprint density at radius 3 is 2.73 bits per heavy atom. The van der Waals surface area contributed by atoms with E-state index in [1.807, 2.05) is 26.1 Å². The zero-order chi connectivity index (χ0) is 11.3. The molecule has 0 saturated heterocycles. The lowest BCUT2D eigenvalue weighted by Gasteiger charge is -2.18. The highest BCUT2D eigenvalue weighted by atomic mass is 16.5. The van der Waals surface area contributed by atoms with E-state index < -0.39 is 0 Å². The molecule has 1 aromatic heterocycles. The first kappa shape index (κ1) is 11.9. The molecule has 0 aliphatic rings. The average Bonchev–Trinajstić information content (AvgIpc) is 2.25. The molecule has 0 radical (unpaired) electrons. The molecule has 0 aromatic carbocycles. The van der Waals surface area contributed by atoms with Gasteiger partial charge in [0.15, 0.2) is 0 Å². The molecule has 0 aliphatic heterocycles. The molecule has 0 aliphatic carbocycles. The van der Waals surface area contributed by atoms with Crippen LogP contribution in [-0.2, 0) is 11.3 Å². The number of anilines is 1. The first-order chi connectivity index (χ1) is 7.19. The van der Waals surface area contributed by atoms with E-state index in [2.05, 4.69) is 9.88 Å². The van der Waals surface area contributed by atoms with Crippen LogP contribution in [0, 0.1) is 6.92 Å². The van der Waals surface area contributed by atoms with Crippen LogP contribution in [0.3, 0.4) is 0 Å². The van der Waals surface area contributed by atoms with E-state index in [0.717, 1.165) is 23.6 Å². The summed E-state index contributed by atoms with van der Waals surface area (Å²) in [5.74, 6) is 0.960. The second-order valence-corrected chi connectivity index (χ2v) is 3.53. The number of aromatic nitrogens is 1. The summed E-state index contributed by atoms with van der Waals surface area (Å²) >= 11 is 0. The quantitative estimate of drug-likeness (QED) is 0.784. The Labute approximate surface area is 91.1 Å². The monoisotopic (exact) mass is 209 g/mol. The molecule has 0 fully saturated rings. The molecule has 0 saturated carbocycles. The average molecular weight is 209 g/mol. The second-order valence-electron chi connectivity index (χ2n) is 3.53. The van der Waals surface area contributed by atoms with Crippen LogP contribution in [-0.4, -0.2) is 32.3 Å². The smallest absolute Gasteiger partial charge is 0.128 e. The van der Waals surface area contributed by atoms with E-state index in [0.29, 0.717) is 13.2 Å². The highest BCUT2D eigenvalue weighted by molar-refractivity contribution is 5.40. The molecular formula is C11H19N3O. The third kappa shape index (κ3) is 3.18. The minimum atomic E-state index is 0.543. The van der Waals surface area contributed by atoms with Crippen LogP contribution in [0.2, 0.25) is 0 Å². The van der Waals surface area contributed by atoms with Crippen molar-refractivity contribution >= 4 is 5.82 Å². The third-order valence-corrected chi connectivity index (χ3v) is 2.42. The molecule has 0 unspecified atom stereocenters. The van der Waals surface area contributed by atoms with E-state index in [9.17, 15) is 0 Å². The van der Waals surface area contributed by atoms with Crippen molar-refractivity contribution in [2.45, 2.75) is 13.5 Å². The van der Waals surface area contributed by atoms with Gasteiger partial charge in [0.25, 0.3) is 0 Å². The molecule has 1 rings (SSSR count). The fourth-order valence-electron chi connectivity index (χ4n) is 1.35. The van der Waals surface area contributed by atoms with Gasteiger partial charge < -0.3 is 15.4 Å². The van der Waals surface area contributed by atoms with Crippen molar-refractivity contribution in [3.05, 3.63) is 23.4 Å². The number of nitrogens with two attached hydrogens (primary N) is 1. The Morgan fingerprint density at radius 2 is 2.20 bits per heavy atom. The molecule has 1 heterocycles. The van der Waals surface area contributed by atoms with E-state index in [4.69, 9.17) is 10.5 Å². The summed E-state index contributed by atoms with van der Waals surface area (Å²) in [6.45, 7) is 4.07. The van der Waals surface area contributed by atoms with Crippen molar-refractivity contribution < 1.29 is 4.74 Å². The summed E-state index contributed by atoms with van der Waals surface area (Å²) < 4.78 is 5.02. The summed E-state index contributed by atoms with van der Waals surface area (Å²) in [6.07, 6.45) is 0. The molecule has 1 aromatic rings. The Morgan fingerprint density at radius 1 is 1.47 bits per heavy atom. The van der Waals surface area contributed by atoms with E-state index in [1.165, 1.54) is 0 Å². The Bertz CT molecular complexity index is 315. The number of pyridine rings is 1. The number of nitrogens with zero attached hydrogens (tertiary/aromatic N) is 2. The highest BCUT2D eigenvalue weighted by Gasteiger charge is 2.04. The maximum atomic E-state index is 5.58. The van der Waals surface area contributed by atoms with Crippen LogP contribution >= 0.6 is 0 Å². The predicted molar refractivity (Wildman–Crippen MR) is 62.0 cm³/mol. The van der Waals surface area contributed by atoms with Gasteiger partial charge in [-0.25, -0.2) is 4.98 Å². The number of aryl methyl sites for hydroxylation is 1. The minimum Gasteiger partial charge on any atom is -0.383 e. The van der Waals surface area contributed by atoms with Crippen molar-refractivity contribution in [1.29, 1.82) is 0 Å². The molecule has 4 nitrogen and oxygen atoms in total. The van der Waals surface area contributed by atoms with Gasteiger partial charge in [-0.2, -0.15) is 0 Å². The largest absolute Gasteiger partial charge is 0.383 e. The van der Waals surface area contributed by atoms with E-state index >= 15 is 0 Å². The Balaban J connectivity index is 2.73. The molecule has 0 bridgehead atoms. The molecule has 0 spiro atoms. The maximum Gasteiger partial charge on any atom is 0.128 e. The number of likely N-dealkylation sites (N-methyl/N-ethyl adjacent to an activating group) is 1. The fraction of sp³-hybridized carbons (Fsp3) is 0.545. The van der Waals surface area contributed by atoms with Crippen molar-refractivity contribution in [3.63, 3.8) is 0 Å². The lowest BCUT2D eigenvalue weighted by Crippen LogP contribution is -2.23. The minimum absolute atomic E-state index is 0.543. The molecule has 15 heavy (non-hydrogen) atoms. The zero-order valence-corrected chi connectivity index (χ0v) is 9.66. The second kappa shape index (κ2) is 5.68. The van der Waals surface area contributed by atoms with Gasteiger partial charge in [-0.15, -0.1) is 0 Å². The van der Waals surface area contributed by atoms with Gasteiger partial charge in [0.05, 0.1) is 6.61 Å². The van der Waals surface area contributed by atoms with Crippen molar-refractivity contribution in [3.8, 4) is 0 Å². The standard InChI is InChI=1S/C11H19N3O/c1-9-10(8-12)4-5-11(13-9)14(2)6-7-15-3/h4-5H,6-8,12H2,1-3H3. The highest BCUT2D eigenvalue weighted by Crippen LogP contribution is 2.12. The van der Waals surface area contributed by atoms with Crippen LogP contribution in [0.15, 0.2) is 12.1 Å². The van der Waals surface area contributed by atoms with Crippen LogP contribution in [0.4, 0.5) is 5.82 Å². The molecule has 0 atom stereocenters. The van der Waals surface area contributed by atoms with Crippen LogP contribution in [0.5, 0.6) is 0 Å². The summed E-state index contributed by atoms with van der Waals surface area (Å²) in [5, 5.41) is 0.